The van der Waals surface area contributed by atoms with Gasteiger partial charge in [0.25, 0.3) is 0 Å². The van der Waals surface area contributed by atoms with Crippen molar-refractivity contribution >= 4 is 34.1 Å². The van der Waals surface area contributed by atoms with Gasteiger partial charge in [-0.2, -0.15) is 0 Å². The lowest BCUT2D eigenvalue weighted by Gasteiger charge is -2.39. The number of hydrogen-bond donors (Lipinski definition) is 1. The molecule has 134 valence electrons. The lowest BCUT2D eigenvalue weighted by atomic mass is 9.98. The highest BCUT2D eigenvalue weighted by molar-refractivity contribution is 8.01. The van der Waals surface area contributed by atoms with Crippen LogP contribution >= 0.6 is 23.1 Å². The predicted octanol–water partition coefficient (Wildman–Crippen LogP) is 3.01. The minimum absolute atomic E-state index is 0.212. The Balaban J connectivity index is 1.45. The van der Waals surface area contributed by atoms with E-state index >= 15 is 0 Å². The lowest BCUT2D eigenvalue weighted by molar-refractivity contribution is -0.134. The summed E-state index contributed by atoms with van der Waals surface area (Å²) >= 11 is 3.00. The van der Waals surface area contributed by atoms with Gasteiger partial charge in [0, 0.05) is 25.2 Å². The molecule has 6 nitrogen and oxygen atoms in total. The summed E-state index contributed by atoms with van der Waals surface area (Å²) in [6, 6.07) is 0.694. The first-order valence-electron chi connectivity index (χ1n) is 8.76. The van der Waals surface area contributed by atoms with Gasteiger partial charge in [0.1, 0.15) is 0 Å². The van der Waals surface area contributed by atoms with Crippen molar-refractivity contribution in [1.29, 1.82) is 0 Å². The predicted molar refractivity (Wildman–Crippen MR) is 97.7 cm³/mol. The Morgan fingerprint density at radius 1 is 1.29 bits per heavy atom. The average molecular weight is 371 g/mol. The van der Waals surface area contributed by atoms with Crippen LogP contribution in [-0.2, 0) is 9.53 Å². The van der Waals surface area contributed by atoms with Crippen molar-refractivity contribution in [2.75, 3.05) is 24.2 Å². The number of carbonyl (C=O) groups excluding carboxylic acids is 1. The number of piperidine rings is 1. The topological polar surface area (TPSA) is 67.4 Å². The fourth-order valence-corrected chi connectivity index (χ4v) is 5.08. The molecule has 0 aromatic carbocycles. The van der Waals surface area contributed by atoms with Crippen LogP contribution in [0, 0.1) is 0 Å². The molecule has 24 heavy (non-hydrogen) atoms. The van der Waals surface area contributed by atoms with Gasteiger partial charge in [-0.3, -0.25) is 4.79 Å². The third-order valence-electron chi connectivity index (χ3n) is 4.71. The third-order valence-corrected chi connectivity index (χ3v) is 6.71. The third kappa shape index (κ3) is 4.61. The molecule has 1 amide bonds. The van der Waals surface area contributed by atoms with Gasteiger partial charge >= 0.3 is 0 Å². The molecule has 1 N–H and O–H groups in total. The first-order chi connectivity index (χ1) is 11.6. The second kappa shape index (κ2) is 8.49. The van der Waals surface area contributed by atoms with Gasteiger partial charge in [-0.15, -0.1) is 10.2 Å². The first-order valence-corrected chi connectivity index (χ1v) is 10.6. The van der Waals surface area contributed by atoms with E-state index in [0.717, 1.165) is 48.3 Å². The first kappa shape index (κ1) is 17.9. The quantitative estimate of drug-likeness (QED) is 0.777. The number of ether oxygens (including phenoxy) is 1. The number of thioether (sulfide) groups is 1. The zero-order valence-electron chi connectivity index (χ0n) is 14.4. The molecular weight excluding hydrogens is 344 g/mol. The number of nitrogens with zero attached hydrogens (tertiary/aromatic N) is 3. The highest BCUT2D eigenvalue weighted by Gasteiger charge is 2.28. The Bertz CT molecular complexity index is 538. The van der Waals surface area contributed by atoms with Crippen molar-refractivity contribution in [3.8, 4) is 0 Å². The maximum Gasteiger partial charge on any atom is 0.233 e. The zero-order valence-corrected chi connectivity index (χ0v) is 16.0. The molecule has 0 bridgehead atoms. The average Bonchev–Trinajstić information content (AvgIpc) is 3.22. The summed E-state index contributed by atoms with van der Waals surface area (Å²) in [7, 11) is 0. The van der Waals surface area contributed by atoms with Gasteiger partial charge in [0.2, 0.25) is 11.0 Å². The van der Waals surface area contributed by atoms with E-state index in [-0.39, 0.29) is 12.0 Å². The number of aromatic nitrogens is 2. The molecule has 0 saturated carbocycles. The molecule has 2 aliphatic rings. The van der Waals surface area contributed by atoms with Crippen molar-refractivity contribution in [3.05, 3.63) is 0 Å². The molecule has 2 fully saturated rings. The number of hydrogen-bond acceptors (Lipinski definition) is 7. The number of nitrogens with one attached hydrogen (secondary N) is 1. The Morgan fingerprint density at radius 3 is 2.79 bits per heavy atom. The van der Waals surface area contributed by atoms with Crippen molar-refractivity contribution in [1.82, 2.24) is 15.1 Å². The Kier molecular flexibility index (Phi) is 6.35. The van der Waals surface area contributed by atoms with Crippen LogP contribution in [0.2, 0.25) is 0 Å². The van der Waals surface area contributed by atoms with E-state index in [1.54, 1.807) is 0 Å². The lowest BCUT2D eigenvalue weighted by Crippen LogP contribution is -2.48. The summed E-state index contributed by atoms with van der Waals surface area (Å²) < 4.78 is 6.43. The summed E-state index contributed by atoms with van der Waals surface area (Å²) in [4.78, 5) is 14.6. The summed E-state index contributed by atoms with van der Waals surface area (Å²) in [5.41, 5.74) is 0. The van der Waals surface area contributed by atoms with Crippen LogP contribution in [0.3, 0.4) is 0 Å². The van der Waals surface area contributed by atoms with Gasteiger partial charge in [-0.05, 0) is 46.0 Å². The standard InChI is InChI=1S/C16H26N4O2S2/c1-11-5-3-6-12(2)20(11)14(21)10-23-16-19-18-15(24-16)17-9-13-7-4-8-22-13/h11-13H,3-10H2,1-2H3,(H,17,18). The number of carbonyl (C=O) groups is 1. The Labute approximate surface area is 151 Å². The number of anilines is 1. The van der Waals surface area contributed by atoms with Crippen LogP contribution in [0.25, 0.3) is 0 Å². The molecule has 3 unspecified atom stereocenters. The molecular formula is C16H26N4O2S2. The van der Waals surface area contributed by atoms with E-state index in [1.807, 2.05) is 4.90 Å². The zero-order chi connectivity index (χ0) is 16.9. The molecule has 1 aromatic heterocycles. The van der Waals surface area contributed by atoms with E-state index in [2.05, 4.69) is 29.4 Å². The fraction of sp³-hybridized carbons (Fsp3) is 0.812. The smallest absolute Gasteiger partial charge is 0.233 e. The molecule has 3 atom stereocenters. The summed E-state index contributed by atoms with van der Waals surface area (Å²) in [6.07, 6.45) is 5.96. The number of likely N-dealkylation sites (tertiary alicyclic amines) is 1. The van der Waals surface area contributed by atoms with Crippen LogP contribution in [-0.4, -0.2) is 58.1 Å². The highest BCUT2D eigenvalue weighted by Crippen LogP contribution is 2.28. The van der Waals surface area contributed by atoms with Crippen molar-refractivity contribution in [2.24, 2.45) is 0 Å². The number of rotatable bonds is 6. The molecule has 0 spiro atoms. The van der Waals surface area contributed by atoms with Crippen LogP contribution in [0.4, 0.5) is 5.13 Å². The molecule has 2 aliphatic heterocycles. The van der Waals surface area contributed by atoms with Gasteiger partial charge in [0.05, 0.1) is 11.9 Å². The summed E-state index contributed by atoms with van der Waals surface area (Å²) in [6.45, 7) is 5.94. The SMILES string of the molecule is CC1CCCC(C)N1C(=O)CSc1nnc(NCC2CCCO2)s1. The monoisotopic (exact) mass is 370 g/mol. The maximum absolute atomic E-state index is 12.5. The second-order valence-corrected chi connectivity index (χ2v) is 8.81. The highest BCUT2D eigenvalue weighted by atomic mass is 32.2. The largest absolute Gasteiger partial charge is 0.376 e. The van der Waals surface area contributed by atoms with Crippen LogP contribution in [0.1, 0.15) is 46.0 Å². The van der Waals surface area contributed by atoms with Gasteiger partial charge in [0.15, 0.2) is 4.34 Å². The van der Waals surface area contributed by atoms with Gasteiger partial charge in [-0.25, -0.2) is 0 Å². The van der Waals surface area contributed by atoms with E-state index in [1.165, 1.54) is 29.5 Å². The number of amides is 1. The molecule has 3 heterocycles. The molecule has 3 rings (SSSR count). The summed E-state index contributed by atoms with van der Waals surface area (Å²) in [5, 5.41) is 12.4. The van der Waals surface area contributed by atoms with Gasteiger partial charge < -0.3 is 15.0 Å². The van der Waals surface area contributed by atoms with Crippen LogP contribution in [0.5, 0.6) is 0 Å². The van der Waals surface area contributed by atoms with E-state index in [9.17, 15) is 4.79 Å². The molecule has 0 radical (unpaired) electrons. The van der Waals surface area contributed by atoms with E-state index in [4.69, 9.17) is 4.74 Å². The maximum atomic E-state index is 12.5. The molecule has 2 saturated heterocycles. The normalized spacial score (nSPS) is 27.4. The molecule has 8 heteroatoms. The van der Waals surface area contributed by atoms with Crippen LogP contribution < -0.4 is 5.32 Å². The van der Waals surface area contributed by atoms with Crippen molar-refractivity contribution in [3.63, 3.8) is 0 Å². The molecule has 0 aliphatic carbocycles. The summed E-state index contributed by atoms with van der Waals surface area (Å²) in [5.74, 6) is 0.651. The minimum Gasteiger partial charge on any atom is -0.376 e. The van der Waals surface area contributed by atoms with E-state index in [0.29, 0.717) is 17.8 Å². The van der Waals surface area contributed by atoms with Crippen LogP contribution in [0.15, 0.2) is 4.34 Å². The van der Waals surface area contributed by atoms with Crippen molar-refractivity contribution < 1.29 is 9.53 Å². The Hall–Kier alpha value is -0.860. The molecule has 1 aromatic rings. The van der Waals surface area contributed by atoms with E-state index < -0.39 is 0 Å². The Morgan fingerprint density at radius 2 is 2.08 bits per heavy atom. The second-order valence-electron chi connectivity index (χ2n) is 6.61. The van der Waals surface area contributed by atoms with Gasteiger partial charge in [-0.1, -0.05) is 23.1 Å². The van der Waals surface area contributed by atoms with Crippen molar-refractivity contribution in [2.45, 2.75) is 68.5 Å². The minimum atomic E-state index is 0.212. The fourth-order valence-electron chi connectivity index (χ4n) is 3.46.